The highest BCUT2D eigenvalue weighted by Gasteiger charge is 2.08. The number of aromatic nitrogens is 2. The lowest BCUT2D eigenvalue weighted by atomic mass is 10.1. The van der Waals surface area contributed by atoms with Crippen LogP contribution in [0.1, 0.15) is 11.3 Å². The normalized spacial score (nSPS) is 11.2. The monoisotopic (exact) mass is 244 g/mol. The molecule has 0 saturated heterocycles. The summed E-state index contributed by atoms with van der Waals surface area (Å²) in [7, 11) is 0. The van der Waals surface area contributed by atoms with Crippen LogP contribution in [0.4, 0.5) is 0 Å². The number of hydrogen-bond acceptors (Lipinski definition) is 3. The van der Waals surface area contributed by atoms with Gasteiger partial charge in [0.2, 0.25) is 0 Å². The number of H-pyrrole nitrogens is 2. The molecule has 5 heteroatoms. The van der Waals surface area contributed by atoms with Crippen LogP contribution in [-0.4, -0.2) is 15.1 Å². The SMILES string of the molecule is Cc1[nH]c(-c2ccc3oc(=O)[nH]c3c2)cc1CO. The molecule has 0 amide bonds. The molecular weight excluding hydrogens is 232 g/mol. The number of benzene rings is 1. The first kappa shape index (κ1) is 10.9. The number of fused-ring (bicyclic) bond motifs is 1. The molecule has 0 spiro atoms. The number of rotatable bonds is 2. The number of nitrogens with one attached hydrogen (secondary N) is 2. The van der Waals surface area contributed by atoms with E-state index in [-0.39, 0.29) is 6.61 Å². The van der Waals surface area contributed by atoms with Crippen molar-refractivity contribution in [2.24, 2.45) is 0 Å². The number of aliphatic hydroxyl groups is 1. The minimum absolute atomic E-state index is 0.00706. The summed E-state index contributed by atoms with van der Waals surface area (Å²) < 4.78 is 4.95. The van der Waals surface area contributed by atoms with Gasteiger partial charge < -0.3 is 14.5 Å². The third-order valence-electron chi connectivity index (χ3n) is 3.02. The Morgan fingerprint density at radius 1 is 1.28 bits per heavy atom. The molecule has 3 N–H and O–H groups in total. The van der Waals surface area contributed by atoms with Crippen LogP contribution in [0.25, 0.3) is 22.4 Å². The lowest BCUT2D eigenvalue weighted by molar-refractivity contribution is 0.281. The van der Waals surface area contributed by atoms with E-state index in [1.165, 1.54) is 0 Å². The van der Waals surface area contributed by atoms with Crippen molar-refractivity contribution in [2.75, 3.05) is 0 Å². The van der Waals surface area contributed by atoms with Gasteiger partial charge in [0.25, 0.3) is 0 Å². The van der Waals surface area contributed by atoms with Gasteiger partial charge >= 0.3 is 5.76 Å². The summed E-state index contributed by atoms with van der Waals surface area (Å²) in [5.41, 5.74) is 4.84. The lowest BCUT2D eigenvalue weighted by Crippen LogP contribution is -1.92. The molecule has 2 heterocycles. The molecule has 92 valence electrons. The highest BCUT2D eigenvalue weighted by Crippen LogP contribution is 2.24. The summed E-state index contributed by atoms with van der Waals surface area (Å²) in [6, 6.07) is 7.35. The fraction of sp³-hybridized carbons (Fsp3) is 0.154. The maximum absolute atomic E-state index is 11.1. The minimum Gasteiger partial charge on any atom is -0.408 e. The Labute approximate surface area is 102 Å². The summed E-state index contributed by atoms with van der Waals surface area (Å²) >= 11 is 0. The standard InChI is InChI=1S/C13H12N2O3/c1-7-9(6-16)5-10(14-7)8-2-3-12-11(4-8)15-13(17)18-12/h2-5,14,16H,6H2,1H3,(H,15,17). The molecule has 0 radical (unpaired) electrons. The van der Waals surface area contributed by atoms with E-state index < -0.39 is 5.76 Å². The van der Waals surface area contributed by atoms with E-state index in [1.54, 1.807) is 6.07 Å². The fourth-order valence-electron chi connectivity index (χ4n) is 2.04. The van der Waals surface area contributed by atoms with E-state index >= 15 is 0 Å². The van der Waals surface area contributed by atoms with Crippen molar-refractivity contribution in [1.29, 1.82) is 0 Å². The lowest BCUT2D eigenvalue weighted by Gasteiger charge is -1.97. The van der Waals surface area contributed by atoms with Crippen LogP contribution < -0.4 is 5.76 Å². The zero-order valence-electron chi connectivity index (χ0n) is 9.78. The molecule has 2 aromatic heterocycles. The molecule has 5 nitrogen and oxygen atoms in total. The molecule has 0 atom stereocenters. The smallest absolute Gasteiger partial charge is 0.408 e. The van der Waals surface area contributed by atoms with Gasteiger partial charge in [-0.15, -0.1) is 0 Å². The first-order chi connectivity index (χ1) is 8.67. The highest BCUT2D eigenvalue weighted by atomic mass is 16.4. The third kappa shape index (κ3) is 1.65. The van der Waals surface area contributed by atoms with Gasteiger partial charge in [-0.25, -0.2) is 4.79 Å². The highest BCUT2D eigenvalue weighted by molar-refractivity contribution is 5.79. The number of aromatic amines is 2. The van der Waals surface area contributed by atoms with Crippen molar-refractivity contribution >= 4 is 11.1 Å². The van der Waals surface area contributed by atoms with Crippen LogP contribution in [0.15, 0.2) is 33.5 Å². The topological polar surface area (TPSA) is 82.0 Å². The molecule has 0 aliphatic carbocycles. The van der Waals surface area contributed by atoms with Crippen LogP contribution in [0, 0.1) is 6.92 Å². The zero-order valence-corrected chi connectivity index (χ0v) is 9.78. The molecule has 3 aromatic rings. The largest absolute Gasteiger partial charge is 0.417 e. The van der Waals surface area contributed by atoms with E-state index in [1.807, 2.05) is 25.1 Å². The molecule has 1 aromatic carbocycles. The van der Waals surface area contributed by atoms with Gasteiger partial charge in [-0.3, -0.25) is 4.98 Å². The van der Waals surface area contributed by atoms with Crippen LogP contribution in [0.3, 0.4) is 0 Å². The summed E-state index contributed by atoms with van der Waals surface area (Å²) in [4.78, 5) is 16.9. The molecule has 0 aliphatic heterocycles. The number of aliphatic hydroxyl groups excluding tert-OH is 1. The zero-order chi connectivity index (χ0) is 12.7. The second-order valence-electron chi connectivity index (χ2n) is 4.22. The predicted octanol–water partition coefficient (Wildman–Crippen LogP) is 1.92. The maximum atomic E-state index is 11.1. The second-order valence-corrected chi connectivity index (χ2v) is 4.22. The fourth-order valence-corrected chi connectivity index (χ4v) is 2.04. The quantitative estimate of drug-likeness (QED) is 0.644. The van der Waals surface area contributed by atoms with Gasteiger partial charge in [0.15, 0.2) is 5.58 Å². The van der Waals surface area contributed by atoms with E-state index in [0.29, 0.717) is 11.1 Å². The molecule has 0 saturated carbocycles. The van der Waals surface area contributed by atoms with E-state index in [4.69, 9.17) is 4.42 Å². The van der Waals surface area contributed by atoms with Crippen molar-refractivity contribution in [3.05, 3.63) is 46.1 Å². The van der Waals surface area contributed by atoms with Gasteiger partial charge in [0.1, 0.15) is 0 Å². The Kier molecular flexibility index (Phi) is 2.34. The Hall–Kier alpha value is -2.27. The summed E-state index contributed by atoms with van der Waals surface area (Å²) in [6.07, 6.45) is 0. The van der Waals surface area contributed by atoms with Crippen molar-refractivity contribution < 1.29 is 9.52 Å². The van der Waals surface area contributed by atoms with Gasteiger partial charge in [-0.1, -0.05) is 0 Å². The van der Waals surface area contributed by atoms with E-state index in [9.17, 15) is 9.90 Å². The molecule has 3 rings (SSSR count). The van der Waals surface area contributed by atoms with E-state index in [0.717, 1.165) is 22.5 Å². The van der Waals surface area contributed by atoms with Crippen molar-refractivity contribution in [3.63, 3.8) is 0 Å². The Balaban J connectivity index is 2.15. The Bertz CT molecular complexity index is 764. The molecule has 0 aliphatic rings. The Morgan fingerprint density at radius 2 is 2.11 bits per heavy atom. The molecular formula is C13H12N2O3. The minimum atomic E-state index is -0.458. The van der Waals surface area contributed by atoms with Crippen LogP contribution in [0.2, 0.25) is 0 Å². The summed E-state index contributed by atoms with van der Waals surface area (Å²) in [5, 5.41) is 9.17. The van der Waals surface area contributed by atoms with Gasteiger partial charge in [-0.05, 0) is 36.8 Å². The third-order valence-corrected chi connectivity index (χ3v) is 3.02. The second kappa shape index (κ2) is 3.89. The summed E-state index contributed by atoms with van der Waals surface area (Å²) in [6.45, 7) is 1.92. The molecule has 0 unspecified atom stereocenters. The predicted molar refractivity (Wildman–Crippen MR) is 67.3 cm³/mol. The van der Waals surface area contributed by atoms with Crippen molar-refractivity contribution in [1.82, 2.24) is 9.97 Å². The van der Waals surface area contributed by atoms with Crippen LogP contribution in [-0.2, 0) is 6.61 Å². The Morgan fingerprint density at radius 3 is 2.83 bits per heavy atom. The van der Waals surface area contributed by atoms with Crippen molar-refractivity contribution in [3.8, 4) is 11.3 Å². The number of aryl methyl sites for hydroxylation is 1. The van der Waals surface area contributed by atoms with Gasteiger partial charge in [-0.2, -0.15) is 0 Å². The van der Waals surface area contributed by atoms with Gasteiger partial charge in [0, 0.05) is 17.0 Å². The molecule has 0 fully saturated rings. The van der Waals surface area contributed by atoms with Gasteiger partial charge in [0.05, 0.1) is 12.1 Å². The average Bonchev–Trinajstić information content (AvgIpc) is 2.89. The first-order valence-electron chi connectivity index (χ1n) is 5.60. The van der Waals surface area contributed by atoms with Crippen LogP contribution >= 0.6 is 0 Å². The molecule has 0 bridgehead atoms. The van der Waals surface area contributed by atoms with Crippen molar-refractivity contribution in [2.45, 2.75) is 13.5 Å². The first-order valence-corrected chi connectivity index (χ1v) is 5.60. The summed E-state index contributed by atoms with van der Waals surface area (Å²) in [5.74, 6) is -0.458. The molecule has 18 heavy (non-hydrogen) atoms. The number of oxazole rings is 1. The van der Waals surface area contributed by atoms with E-state index in [2.05, 4.69) is 9.97 Å². The van der Waals surface area contributed by atoms with Crippen LogP contribution in [0.5, 0.6) is 0 Å². The average molecular weight is 244 g/mol. The number of hydrogen-bond donors (Lipinski definition) is 3. The maximum Gasteiger partial charge on any atom is 0.417 e.